The predicted octanol–water partition coefficient (Wildman–Crippen LogP) is 9.52. The van der Waals surface area contributed by atoms with Crippen molar-refractivity contribution in [2.24, 2.45) is 0 Å². The highest BCUT2D eigenvalue weighted by molar-refractivity contribution is 6.20. The third-order valence-electron chi connectivity index (χ3n) is 9.61. The van der Waals surface area contributed by atoms with E-state index in [1.54, 1.807) is 0 Å². The van der Waals surface area contributed by atoms with Crippen molar-refractivity contribution in [1.29, 1.82) is 0 Å². The lowest BCUT2D eigenvalue weighted by Crippen LogP contribution is -2.10. The number of rotatable bonds is 2. The molecule has 0 atom stereocenters. The highest BCUT2D eigenvalue weighted by Gasteiger charge is 2.22. The van der Waals surface area contributed by atoms with Crippen molar-refractivity contribution in [2.75, 3.05) is 0 Å². The van der Waals surface area contributed by atoms with Gasteiger partial charge >= 0.3 is 0 Å². The molecule has 44 heavy (non-hydrogen) atoms. The Hall–Kier alpha value is -5.80. The quantitative estimate of drug-likeness (QED) is 0.200. The number of hydrogen-bond donors (Lipinski definition) is 0. The van der Waals surface area contributed by atoms with Crippen LogP contribution in [0.5, 0.6) is 0 Å². The topological polar surface area (TPSA) is 13.8 Å². The van der Waals surface area contributed by atoms with Crippen LogP contribution >= 0.6 is 0 Å². The van der Waals surface area contributed by atoms with Gasteiger partial charge in [-0.2, -0.15) is 0 Å². The molecule has 0 radical (unpaired) electrons. The zero-order chi connectivity index (χ0) is 28.9. The van der Waals surface area contributed by atoms with Crippen LogP contribution in [0.2, 0.25) is 0 Å². The van der Waals surface area contributed by atoms with Gasteiger partial charge in [-0.1, -0.05) is 97.6 Å². The van der Waals surface area contributed by atoms with Gasteiger partial charge in [-0.15, -0.1) is 0 Å². The molecule has 9 aromatic rings. The van der Waals surface area contributed by atoms with Gasteiger partial charge in [-0.3, -0.25) is 0 Å². The second-order valence-corrected chi connectivity index (χ2v) is 11.8. The molecule has 1 aliphatic rings. The van der Waals surface area contributed by atoms with E-state index in [0.29, 0.717) is 0 Å². The minimum Gasteiger partial charge on any atom is -0.316 e. The summed E-state index contributed by atoms with van der Waals surface area (Å²) in [6, 6.07) is 44.0. The van der Waals surface area contributed by atoms with Gasteiger partial charge in [0.25, 0.3) is 0 Å². The zero-order valence-corrected chi connectivity index (χ0v) is 24.0. The summed E-state index contributed by atoms with van der Waals surface area (Å²) < 4.78 is 7.30. The van der Waals surface area contributed by atoms with Gasteiger partial charge in [0.05, 0.1) is 33.1 Å². The van der Waals surface area contributed by atoms with Crippen LogP contribution in [0.25, 0.3) is 84.1 Å². The van der Waals surface area contributed by atoms with E-state index < -0.39 is 0 Å². The number of benzene rings is 5. The molecule has 4 aromatic heterocycles. The van der Waals surface area contributed by atoms with Crippen LogP contribution in [-0.4, -0.2) is 13.4 Å². The SMILES string of the molecule is C=c1c2c3ccc4c5ccccc5n(c5ccccc5n5c6c(c(ccn3-c3ccc(-c7ccccc7)cc3)c15)C=CC6)c42. The fraction of sp³-hybridized carbons (Fsp3) is 0.0244. The molecule has 4 heterocycles. The normalized spacial score (nSPS) is 12.9. The lowest BCUT2D eigenvalue weighted by molar-refractivity contribution is 1.09. The van der Waals surface area contributed by atoms with E-state index in [1.165, 1.54) is 71.5 Å². The first-order valence-corrected chi connectivity index (χ1v) is 15.2. The highest BCUT2D eigenvalue weighted by Crippen LogP contribution is 2.38. The Morgan fingerprint density at radius 3 is 2.05 bits per heavy atom. The number of aromatic nitrogens is 3. The summed E-state index contributed by atoms with van der Waals surface area (Å²) >= 11 is 0. The standard InChI is InChI=1S/C41H27N3/c1-26-39-38-23-22-32-30-12-5-6-14-34(30)44(41(32)39)37-16-8-7-15-36(37)43-35-17-9-13-31(35)33(40(26)43)24-25-42(38)29-20-18-28(19-21-29)27-10-3-2-4-11-27/h2-16,18-25H,1,17H2. The van der Waals surface area contributed by atoms with Gasteiger partial charge < -0.3 is 13.4 Å². The molecule has 0 fully saturated rings. The number of nitrogens with zero attached hydrogens (tertiary/aromatic N) is 3. The monoisotopic (exact) mass is 561 g/mol. The molecule has 5 aromatic carbocycles. The van der Waals surface area contributed by atoms with Crippen molar-refractivity contribution in [1.82, 2.24) is 13.4 Å². The summed E-state index contributed by atoms with van der Waals surface area (Å²) in [7, 11) is 0. The second kappa shape index (κ2) is 8.62. The minimum atomic E-state index is 0.902. The largest absolute Gasteiger partial charge is 0.316 e. The van der Waals surface area contributed by atoms with Crippen LogP contribution in [0.15, 0.2) is 134 Å². The lowest BCUT2D eigenvalue weighted by atomic mass is 10.0. The summed E-state index contributed by atoms with van der Waals surface area (Å²) in [6.45, 7) is 4.90. The maximum absolute atomic E-state index is 4.90. The lowest BCUT2D eigenvalue weighted by Gasteiger charge is -2.15. The molecule has 0 unspecified atom stereocenters. The van der Waals surface area contributed by atoms with E-state index in [0.717, 1.165) is 22.8 Å². The number of para-hydroxylation sites is 3. The predicted molar refractivity (Wildman–Crippen MR) is 185 cm³/mol. The molecule has 206 valence electrons. The molecular weight excluding hydrogens is 534 g/mol. The van der Waals surface area contributed by atoms with Crippen LogP contribution in [0.1, 0.15) is 11.3 Å². The summed E-state index contributed by atoms with van der Waals surface area (Å²) in [5, 5.41) is 5.95. The van der Waals surface area contributed by atoms with E-state index in [1.807, 2.05) is 0 Å². The molecule has 3 nitrogen and oxygen atoms in total. The Labute approximate surface area is 253 Å². The van der Waals surface area contributed by atoms with Crippen LogP contribution in [0.4, 0.5) is 0 Å². The average molecular weight is 562 g/mol. The number of hydrogen-bond acceptors (Lipinski definition) is 0. The Morgan fingerprint density at radius 2 is 1.23 bits per heavy atom. The molecule has 0 N–H and O–H groups in total. The van der Waals surface area contributed by atoms with Crippen molar-refractivity contribution in [3.63, 3.8) is 0 Å². The first-order chi connectivity index (χ1) is 21.8. The number of allylic oxidation sites excluding steroid dienone is 1. The Balaban J connectivity index is 1.47. The van der Waals surface area contributed by atoms with Gasteiger partial charge in [0.1, 0.15) is 0 Å². The molecule has 10 rings (SSSR count). The molecule has 0 aliphatic heterocycles. The Morgan fingerprint density at radius 1 is 0.523 bits per heavy atom. The van der Waals surface area contributed by atoms with E-state index in [2.05, 4.69) is 153 Å². The van der Waals surface area contributed by atoms with E-state index >= 15 is 0 Å². The first kappa shape index (κ1) is 23.7. The Kier molecular flexibility index (Phi) is 4.65. The minimum absolute atomic E-state index is 0.902. The van der Waals surface area contributed by atoms with Crippen molar-refractivity contribution in [3.05, 3.63) is 150 Å². The number of fused-ring (bicyclic) bond motifs is 9. The molecule has 0 spiro atoms. The van der Waals surface area contributed by atoms with Crippen molar-refractivity contribution in [3.8, 4) is 16.8 Å². The highest BCUT2D eigenvalue weighted by atomic mass is 15.0. The van der Waals surface area contributed by atoms with Crippen LogP contribution in [0, 0.1) is 0 Å². The smallest absolute Gasteiger partial charge is 0.0703 e. The van der Waals surface area contributed by atoms with E-state index in [4.69, 9.17) is 6.58 Å². The average Bonchev–Trinajstić information content (AvgIpc) is 3.75. The van der Waals surface area contributed by atoms with Gasteiger partial charge in [0.15, 0.2) is 0 Å². The molecular formula is C41H27N3. The summed E-state index contributed by atoms with van der Waals surface area (Å²) in [5.74, 6) is 0. The summed E-state index contributed by atoms with van der Waals surface area (Å²) in [4.78, 5) is 0. The maximum Gasteiger partial charge on any atom is 0.0703 e. The fourth-order valence-corrected chi connectivity index (χ4v) is 7.72. The van der Waals surface area contributed by atoms with Gasteiger partial charge in [0.2, 0.25) is 0 Å². The maximum atomic E-state index is 4.90. The van der Waals surface area contributed by atoms with Crippen molar-refractivity contribution >= 4 is 67.3 Å². The molecule has 0 saturated heterocycles. The van der Waals surface area contributed by atoms with Crippen molar-refractivity contribution in [2.45, 2.75) is 6.42 Å². The van der Waals surface area contributed by atoms with Crippen LogP contribution in [0.3, 0.4) is 0 Å². The second-order valence-electron chi connectivity index (χ2n) is 11.8. The third-order valence-corrected chi connectivity index (χ3v) is 9.61. The van der Waals surface area contributed by atoms with Crippen LogP contribution < -0.4 is 5.22 Å². The van der Waals surface area contributed by atoms with Crippen molar-refractivity contribution < 1.29 is 0 Å². The molecule has 0 saturated carbocycles. The van der Waals surface area contributed by atoms with Gasteiger partial charge in [-0.05, 0) is 53.6 Å². The van der Waals surface area contributed by atoms with Crippen LogP contribution in [-0.2, 0) is 6.42 Å². The molecule has 0 amide bonds. The zero-order valence-electron chi connectivity index (χ0n) is 24.0. The Bertz CT molecular complexity index is 2730. The molecule has 3 heteroatoms. The third kappa shape index (κ3) is 3.00. The van der Waals surface area contributed by atoms with Gasteiger partial charge in [-0.25, -0.2) is 0 Å². The summed E-state index contributed by atoms with van der Waals surface area (Å²) in [6.07, 6.45) is 7.73. The first-order valence-electron chi connectivity index (χ1n) is 15.2. The van der Waals surface area contributed by atoms with Gasteiger partial charge in [0, 0.05) is 56.3 Å². The summed E-state index contributed by atoms with van der Waals surface area (Å²) in [5.41, 5.74) is 13.3. The molecule has 1 aliphatic carbocycles. The molecule has 2 bridgehead atoms. The fourth-order valence-electron chi connectivity index (χ4n) is 7.72. The van der Waals surface area contributed by atoms with E-state index in [-0.39, 0.29) is 0 Å². The van der Waals surface area contributed by atoms with E-state index in [9.17, 15) is 0 Å².